The second-order valence-corrected chi connectivity index (χ2v) is 5.70. The van der Waals surface area contributed by atoms with Crippen molar-refractivity contribution in [3.63, 3.8) is 0 Å². The Hall–Kier alpha value is -2.57. The first-order valence-corrected chi connectivity index (χ1v) is 7.50. The minimum absolute atomic E-state index is 0.0447. The predicted molar refractivity (Wildman–Crippen MR) is 80.4 cm³/mol. The van der Waals surface area contributed by atoms with Crippen LogP contribution < -0.4 is 5.73 Å². The number of benzene rings is 1. The van der Waals surface area contributed by atoms with Crippen LogP contribution in [0.5, 0.6) is 0 Å². The molecule has 0 spiro atoms. The van der Waals surface area contributed by atoms with Crippen LogP contribution in [0.1, 0.15) is 53.5 Å². The Morgan fingerprint density at radius 2 is 2.00 bits per heavy atom. The van der Waals surface area contributed by atoms with Crippen molar-refractivity contribution in [2.24, 2.45) is 11.7 Å². The summed E-state index contributed by atoms with van der Waals surface area (Å²) in [6.07, 6.45) is 1.77. The Bertz CT molecular complexity index is 712. The Labute approximate surface area is 132 Å². The molecule has 4 rings (SSSR count). The van der Waals surface area contributed by atoms with Crippen LogP contribution in [0.3, 0.4) is 0 Å². The molecule has 1 amide bonds. The van der Waals surface area contributed by atoms with E-state index in [4.69, 9.17) is 5.73 Å². The van der Waals surface area contributed by atoms with E-state index >= 15 is 0 Å². The maximum absolute atomic E-state index is 13.8. The molecule has 1 aliphatic heterocycles. The number of carbonyl (C=O) groups excluding carboxylic acids is 2. The highest BCUT2D eigenvalue weighted by molar-refractivity contribution is 5.78. The van der Waals surface area contributed by atoms with Gasteiger partial charge in [0, 0.05) is 12.3 Å². The van der Waals surface area contributed by atoms with Gasteiger partial charge in [-0.05, 0) is 18.4 Å². The quantitative estimate of drug-likeness (QED) is 0.877. The van der Waals surface area contributed by atoms with Crippen molar-refractivity contribution in [1.29, 1.82) is 0 Å². The summed E-state index contributed by atoms with van der Waals surface area (Å²) in [6.45, 7) is 0. The van der Waals surface area contributed by atoms with Gasteiger partial charge in [0.25, 0.3) is 0 Å². The summed E-state index contributed by atoms with van der Waals surface area (Å²) in [4.78, 5) is 24.5. The van der Waals surface area contributed by atoms with Gasteiger partial charge in [-0.2, -0.15) is 0 Å². The third-order valence-corrected chi connectivity index (χ3v) is 3.95. The van der Waals surface area contributed by atoms with Gasteiger partial charge in [0.1, 0.15) is 0 Å². The molecule has 2 aliphatic rings. The number of hydrogen-bond donors (Lipinski definition) is 1. The highest BCUT2D eigenvalue weighted by Gasteiger charge is 2.35. The smallest absolute Gasteiger partial charge is 0.220 e. The first-order valence-electron chi connectivity index (χ1n) is 7.50. The molecule has 1 aliphatic carbocycles. The fourth-order valence-electron chi connectivity index (χ4n) is 2.57. The van der Waals surface area contributed by atoms with E-state index in [0.717, 1.165) is 18.4 Å². The second-order valence-electron chi connectivity index (χ2n) is 5.70. The number of alkyl halides is 1. The van der Waals surface area contributed by atoms with Crippen LogP contribution in [0.2, 0.25) is 0 Å². The number of aldehydes is 1. The van der Waals surface area contributed by atoms with Crippen LogP contribution >= 0.6 is 0 Å². The van der Waals surface area contributed by atoms with Crippen LogP contribution in [0.4, 0.5) is 4.39 Å². The van der Waals surface area contributed by atoms with Gasteiger partial charge < -0.3 is 5.73 Å². The van der Waals surface area contributed by atoms with E-state index < -0.39 is 6.17 Å². The molecule has 1 aromatic carbocycles. The highest BCUT2D eigenvalue weighted by Crippen LogP contribution is 2.38. The molecule has 1 saturated carbocycles. The number of primary amides is 1. The first kappa shape index (κ1) is 15.3. The van der Waals surface area contributed by atoms with Gasteiger partial charge in [0.15, 0.2) is 18.3 Å². The highest BCUT2D eigenvalue weighted by atomic mass is 19.1. The maximum Gasteiger partial charge on any atom is 0.220 e. The maximum atomic E-state index is 13.8. The minimum Gasteiger partial charge on any atom is -0.369 e. The molecule has 0 saturated heterocycles. The van der Waals surface area contributed by atoms with E-state index in [-0.39, 0.29) is 29.5 Å². The molecule has 2 atom stereocenters. The van der Waals surface area contributed by atoms with E-state index in [1.54, 1.807) is 0 Å². The molecule has 23 heavy (non-hydrogen) atoms. The van der Waals surface area contributed by atoms with Crippen LogP contribution in [-0.2, 0) is 4.79 Å². The molecule has 2 heterocycles. The van der Waals surface area contributed by atoms with Gasteiger partial charge in [-0.25, -0.2) is 14.1 Å². The lowest BCUT2D eigenvalue weighted by molar-refractivity contribution is -0.119. The molecular weight excluding hydrogens is 299 g/mol. The lowest BCUT2D eigenvalue weighted by atomic mass is 10.0. The zero-order valence-electron chi connectivity index (χ0n) is 12.4. The van der Waals surface area contributed by atoms with E-state index in [2.05, 4.69) is 10.1 Å². The molecule has 0 radical (unpaired) electrons. The number of hydrogen-bond acceptors (Lipinski definition) is 4. The van der Waals surface area contributed by atoms with Crippen LogP contribution in [-0.4, -0.2) is 27.0 Å². The lowest BCUT2D eigenvalue weighted by Crippen LogP contribution is -2.11. The van der Waals surface area contributed by atoms with Gasteiger partial charge >= 0.3 is 0 Å². The van der Waals surface area contributed by atoms with Crippen molar-refractivity contribution in [2.45, 2.75) is 31.5 Å². The third kappa shape index (κ3) is 3.28. The Kier molecular flexibility index (Phi) is 4.18. The molecule has 7 heteroatoms. The number of halogens is 1. The summed E-state index contributed by atoms with van der Waals surface area (Å²) in [5.41, 5.74) is 5.84. The van der Waals surface area contributed by atoms with Gasteiger partial charge in [-0.3, -0.25) is 9.59 Å². The molecular formula is C16H17FN4O2. The van der Waals surface area contributed by atoms with Crippen LogP contribution in [0.25, 0.3) is 0 Å². The predicted octanol–water partition coefficient (Wildman–Crippen LogP) is 1.98. The number of amides is 1. The number of carbonyl (C=O) groups is 2. The normalized spacial score (nSPS) is 22.0. The van der Waals surface area contributed by atoms with Crippen molar-refractivity contribution in [3.8, 4) is 0 Å². The third-order valence-electron chi connectivity index (χ3n) is 3.95. The van der Waals surface area contributed by atoms with E-state index in [0.29, 0.717) is 12.7 Å². The second kappa shape index (κ2) is 6.28. The number of aromatic nitrogens is 3. The van der Waals surface area contributed by atoms with Gasteiger partial charge in [-0.1, -0.05) is 30.3 Å². The summed E-state index contributed by atoms with van der Waals surface area (Å²) < 4.78 is 15.3. The molecule has 1 aromatic heterocycles. The molecule has 2 unspecified atom stereocenters. The topological polar surface area (TPSA) is 90.9 Å². The summed E-state index contributed by atoms with van der Waals surface area (Å²) in [7, 11) is 0. The molecule has 6 nitrogen and oxygen atoms in total. The fourth-order valence-corrected chi connectivity index (χ4v) is 2.57. The van der Waals surface area contributed by atoms with Crippen molar-refractivity contribution < 1.29 is 14.0 Å². The Morgan fingerprint density at radius 3 is 2.52 bits per heavy atom. The van der Waals surface area contributed by atoms with Crippen LogP contribution in [0.15, 0.2) is 30.3 Å². The Balaban J connectivity index is 0.000000220. The number of nitrogens with two attached hydrogens (primary N) is 1. The van der Waals surface area contributed by atoms with E-state index in [1.165, 1.54) is 4.68 Å². The van der Waals surface area contributed by atoms with Gasteiger partial charge in [0.05, 0.1) is 6.04 Å². The first-order chi connectivity index (χ1) is 11.1. The van der Waals surface area contributed by atoms with Crippen molar-refractivity contribution in [1.82, 2.24) is 14.8 Å². The SMILES string of the molecule is NC(=O)C1CC1.O=Cc1nc2n(n1)C(c1ccccc1)CC2F. The van der Waals surface area contributed by atoms with Crippen molar-refractivity contribution >= 4 is 12.2 Å². The zero-order valence-corrected chi connectivity index (χ0v) is 12.4. The Morgan fingerprint density at radius 1 is 1.30 bits per heavy atom. The average molecular weight is 316 g/mol. The summed E-state index contributed by atoms with van der Waals surface area (Å²) in [5, 5.41) is 4.01. The van der Waals surface area contributed by atoms with Crippen molar-refractivity contribution in [2.75, 3.05) is 0 Å². The largest absolute Gasteiger partial charge is 0.369 e. The zero-order chi connectivity index (χ0) is 16.4. The molecule has 1 fully saturated rings. The molecule has 0 bridgehead atoms. The molecule has 2 aromatic rings. The van der Waals surface area contributed by atoms with E-state index in [9.17, 15) is 14.0 Å². The van der Waals surface area contributed by atoms with Crippen molar-refractivity contribution in [3.05, 3.63) is 47.5 Å². The summed E-state index contributed by atoms with van der Waals surface area (Å²) >= 11 is 0. The minimum atomic E-state index is -1.15. The van der Waals surface area contributed by atoms with Crippen LogP contribution in [0, 0.1) is 5.92 Å². The van der Waals surface area contributed by atoms with E-state index in [1.807, 2.05) is 30.3 Å². The standard InChI is InChI=1S/C12H10FN3O.C4H7NO/c13-9-6-10(8-4-2-1-3-5-8)16-12(9)14-11(7-17)15-16;5-4(6)3-1-2-3/h1-5,7,9-10H,6H2;3H,1-2H2,(H2,5,6). The molecule has 120 valence electrons. The lowest BCUT2D eigenvalue weighted by Gasteiger charge is -2.10. The van der Waals surface area contributed by atoms with Gasteiger partial charge in [0.2, 0.25) is 11.7 Å². The summed E-state index contributed by atoms with van der Waals surface area (Å²) in [6, 6.07) is 9.40. The summed E-state index contributed by atoms with van der Waals surface area (Å²) in [5.74, 6) is 0.407. The number of nitrogens with zero attached hydrogens (tertiary/aromatic N) is 3. The number of fused-ring (bicyclic) bond motifs is 1. The fraction of sp³-hybridized carbons (Fsp3) is 0.375. The average Bonchev–Trinajstić information content (AvgIpc) is 3.26. The monoisotopic (exact) mass is 316 g/mol. The van der Waals surface area contributed by atoms with Gasteiger partial charge in [-0.15, -0.1) is 5.10 Å². The molecule has 2 N–H and O–H groups in total. The number of rotatable bonds is 3.